The standard InChI is InChI=1S/C7H13O.3CH3.Sn/c1-6-3-2-4-7(8)5-6;;;;/h2,6-8H,3-5H2,1H3;3*1H3;/t6-,7+;;;;/m0..../s1. The Labute approximate surface area is 80.4 Å². The van der Waals surface area contributed by atoms with Crippen LogP contribution in [0, 0.1) is 5.92 Å². The van der Waals surface area contributed by atoms with E-state index in [0.29, 0.717) is 0 Å². The van der Waals surface area contributed by atoms with E-state index in [0.717, 1.165) is 22.7 Å². The van der Waals surface area contributed by atoms with E-state index in [9.17, 15) is 5.11 Å². The summed E-state index contributed by atoms with van der Waals surface area (Å²) in [5.74, 6) is 0.759. The van der Waals surface area contributed by atoms with Gasteiger partial charge in [0, 0.05) is 0 Å². The molecular formula is C10H22OSn. The monoisotopic (exact) mass is 278 g/mol. The molecule has 1 aliphatic carbocycles. The third-order valence-corrected chi connectivity index (χ3v) is 11.5. The van der Waals surface area contributed by atoms with E-state index in [1.54, 1.807) is 0 Å². The molecule has 12 heavy (non-hydrogen) atoms. The van der Waals surface area contributed by atoms with Gasteiger partial charge in [0.2, 0.25) is 0 Å². The van der Waals surface area contributed by atoms with Gasteiger partial charge in [-0.25, -0.2) is 0 Å². The summed E-state index contributed by atoms with van der Waals surface area (Å²) in [6, 6.07) is 0. The maximum absolute atomic E-state index is 9.65. The molecule has 0 bridgehead atoms. The zero-order valence-corrected chi connectivity index (χ0v) is 11.7. The molecule has 1 aliphatic rings. The summed E-state index contributed by atoms with van der Waals surface area (Å²) in [4.78, 5) is 7.47. The van der Waals surface area contributed by atoms with Gasteiger partial charge in [-0.3, -0.25) is 0 Å². The van der Waals surface area contributed by atoms with Crippen LogP contribution in [-0.2, 0) is 0 Å². The first-order chi connectivity index (χ1) is 5.39. The molecule has 0 amide bonds. The van der Waals surface area contributed by atoms with Crippen LogP contribution in [0.1, 0.15) is 26.2 Å². The molecule has 1 fully saturated rings. The van der Waals surface area contributed by atoms with Gasteiger partial charge in [0.05, 0.1) is 0 Å². The predicted molar refractivity (Wildman–Crippen MR) is 56.1 cm³/mol. The molecule has 1 saturated carbocycles. The SMILES string of the molecule is C[C@@H]1C[C@H](O)C[C@@H]([Sn]([CH3])([CH3])[CH3])C1. The van der Waals surface area contributed by atoms with Crippen molar-refractivity contribution in [1.29, 1.82) is 0 Å². The molecule has 1 rings (SSSR count). The van der Waals surface area contributed by atoms with Crippen LogP contribution in [0.4, 0.5) is 0 Å². The van der Waals surface area contributed by atoms with Gasteiger partial charge in [-0.2, -0.15) is 0 Å². The third kappa shape index (κ3) is 2.91. The van der Waals surface area contributed by atoms with Crippen molar-refractivity contribution in [3.63, 3.8) is 0 Å². The van der Waals surface area contributed by atoms with Crippen LogP contribution in [0.5, 0.6) is 0 Å². The first kappa shape index (κ1) is 10.8. The Kier molecular flexibility index (Phi) is 3.49. The summed E-state index contributed by atoms with van der Waals surface area (Å²) >= 11 is -1.70. The summed E-state index contributed by atoms with van der Waals surface area (Å²) in [5, 5.41) is 9.65. The Morgan fingerprint density at radius 1 is 1.08 bits per heavy atom. The normalized spacial score (nSPS) is 38.2. The molecule has 0 aromatic heterocycles. The molecule has 0 aromatic rings. The van der Waals surface area contributed by atoms with Crippen LogP contribution >= 0.6 is 0 Å². The molecule has 0 aliphatic heterocycles. The van der Waals surface area contributed by atoms with Gasteiger partial charge >= 0.3 is 80.4 Å². The molecule has 2 heteroatoms. The Morgan fingerprint density at radius 2 is 1.67 bits per heavy atom. The summed E-state index contributed by atoms with van der Waals surface area (Å²) in [6.45, 7) is 2.28. The first-order valence-corrected chi connectivity index (χ1v) is 15.3. The van der Waals surface area contributed by atoms with Crippen molar-refractivity contribution in [2.45, 2.75) is 51.0 Å². The van der Waals surface area contributed by atoms with E-state index in [1.165, 1.54) is 6.42 Å². The number of aliphatic hydroxyl groups is 1. The Morgan fingerprint density at radius 3 is 2.08 bits per heavy atom. The predicted octanol–water partition coefficient (Wildman–Crippen LogP) is 2.88. The molecule has 0 aromatic carbocycles. The molecule has 0 unspecified atom stereocenters. The fourth-order valence-corrected chi connectivity index (χ4v) is 8.24. The second kappa shape index (κ2) is 3.87. The molecule has 0 spiro atoms. The van der Waals surface area contributed by atoms with E-state index in [2.05, 4.69) is 21.7 Å². The minimum absolute atomic E-state index is 0.00896. The van der Waals surface area contributed by atoms with Crippen molar-refractivity contribution >= 4 is 18.4 Å². The Balaban J connectivity index is 2.55. The third-order valence-electron chi connectivity index (χ3n) is 3.14. The summed E-state index contributed by atoms with van der Waals surface area (Å²) in [6.07, 6.45) is 3.54. The van der Waals surface area contributed by atoms with Gasteiger partial charge in [0.25, 0.3) is 0 Å². The summed E-state index contributed by atoms with van der Waals surface area (Å²) in [7, 11) is 0. The van der Waals surface area contributed by atoms with Crippen molar-refractivity contribution in [3.05, 3.63) is 0 Å². The molecule has 72 valence electrons. The van der Waals surface area contributed by atoms with Crippen molar-refractivity contribution in [2.75, 3.05) is 0 Å². The van der Waals surface area contributed by atoms with Crippen LogP contribution in [-0.4, -0.2) is 29.6 Å². The quantitative estimate of drug-likeness (QED) is 0.731. The fraction of sp³-hybridized carbons (Fsp3) is 1.00. The van der Waals surface area contributed by atoms with Gasteiger partial charge in [0.1, 0.15) is 0 Å². The molecule has 0 saturated heterocycles. The fourth-order valence-electron chi connectivity index (χ4n) is 2.27. The molecule has 0 heterocycles. The number of hydrogen-bond acceptors (Lipinski definition) is 1. The van der Waals surface area contributed by atoms with Gasteiger partial charge in [-0.05, 0) is 0 Å². The summed E-state index contributed by atoms with van der Waals surface area (Å²) in [5.41, 5.74) is 0. The van der Waals surface area contributed by atoms with Gasteiger partial charge in [0.15, 0.2) is 0 Å². The topological polar surface area (TPSA) is 20.2 Å². The zero-order valence-electron chi connectivity index (χ0n) is 8.80. The van der Waals surface area contributed by atoms with Crippen LogP contribution < -0.4 is 0 Å². The van der Waals surface area contributed by atoms with E-state index < -0.39 is 18.4 Å². The van der Waals surface area contributed by atoms with E-state index in [1.807, 2.05) is 0 Å². The average Bonchev–Trinajstić information content (AvgIpc) is 1.82. The number of hydrogen-bond donors (Lipinski definition) is 1. The van der Waals surface area contributed by atoms with Crippen molar-refractivity contribution in [2.24, 2.45) is 5.92 Å². The van der Waals surface area contributed by atoms with Crippen molar-refractivity contribution in [1.82, 2.24) is 0 Å². The van der Waals surface area contributed by atoms with Crippen molar-refractivity contribution in [3.8, 4) is 0 Å². The van der Waals surface area contributed by atoms with E-state index in [4.69, 9.17) is 0 Å². The number of aliphatic hydroxyl groups excluding tert-OH is 1. The molecular weight excluding hydrogens is 255 g/mol. The average molecular weight is 277 g/mol. The molecule has 0 radical (unpaired) electrons. The second-order valence-corrected chi connectivity index (χ2v) is 21.4. The Hall–Kier alpha value is 0.759. The van der Waals surface area contributed by atoms with Gasteiger partial charge < -0.3 is 0 Å². The van der Waals surface area contributed by atoms with E-state index >= 15 is 0 Å². The molecule has 1 N–H and O–H groups in total. The zero-order chi connectivity index (χ0) is 9.35. The Bertz CT molecular complexity index is 140. The summed E-state index contributed by atoms with van der Waals surface area (Å²) < 4.78 is 0.915. The van der Waals surface area contributed by atoms with E-state index in [-0.39, 0.29) is 6.10 Å². The first-order valence-electron chi connectivity index (χ1n) is 5.07. The van der Waals surface area contributed by atoms with Crippen LogP contribution in [0.15, 0.2) is 0 Å². The van der Waals surface area contributed by atoms with Crippen LogP contribution in [0.25, 0.3) is 0 Å². The second-order valence-electron chi connectivity index (χ2n) is 5.53. The maximum atomic E-state index is 9.65. The number of rotatable bonds is 1. The van der Waals surface area contributed by atoms with Crippen LogP contribution in [0.2, 0.25) is 18.8 Å². The molecule has 1 nitrogen and oxygen atoms in total. The minimum atomic E-state index is -1.70. The van der Waals surface area contributed by atoms with Crippen molar-refractivity contribution < 1.29 is 5.11 Å². The van der Waals surface area contributed by atoms with Gasteiger partial charge in [-0.15, -0.1) is 0 Å². The van der Waals surface area contributed by atoms with Gasteiger partial charge in [-0.1, -0.05) is 0 Å². The van der Waals surface area contributed by atoms with Crippen LogP contribution in [0.3, 0.4) is 0 Å². The molecule has 3 atom stereocenters.